The summed E-state index contributed by atoms with van der Waals surface area (Å²) in [6.07, 6.45) is 2.40. The Morgan fingerprint density at radius 2 is 2.22 bits per heavy atom. The van der Waals surface area contributed by atoms with E-state index in [-0.39, 0.29) is 11.9 Å². The average Bonchev–Trinajstić information content (AvgIpc) is 2.96. The van der Waals surface area contributed by atoms with E-state index in [2.05, 4.69) is 5.32 Å². The van der Waals surface area contributed by atoms with Crippen LogP contribution in [0, 0.1) is 10.1 Å². The van der Waals surface area contributed by atoms with Gasteiger partial charge >= 0.3 is 5.88 Å². The molecule has 2 aromatic heterocycles. The van der Waals surface area contributed by atoms with E-state index in [1.807, 2.05) is 19.1 Å². The summed E-state index contributed by atoms with van der Waals surface area (Å²) in [5, 5.41) is 13.7. The molecular weight excluding hydrogens is 236 g/mol. The van der Waals surface area contributed by atoms with Gasteiger partial charge in [-0.1, -0.05) is 0 Å². The Labute approximate surface area is 104 Å². The average molecular weight is 250 g/mol. The maximum Gasteiger partial charge on any atom is 0.433 e. The highest BCUT2D eigenvalue weighted by Crippen LogP contribution is 2.15. The molecular formula is C12H14N2O4. The zero-order chi connectivity index (χ0) is 13.0. The van der Waals surface area contributed by atoms with Gasteiger partial charge in [-0.3, -0.25) is 10.1 Å². The first-order valence-corrected chi connectivity index (χ1v) is 5.64. The van der Waals surface area contributed by atoms with Gasteiger partial charge in [0.25, 0.3) is 0 Å². The highest BCUT2D eigenvalue weighted by Gasteiger charge is 2.12. The van der Waals surface area contributed by atoms with Gasteiger partial charge in [0.15, 0.2) is 0 Å². The second kappa shape index (κ2) is 5.50. The van der Waals surface area contributed by atoms with Crippen molar-refractivity contribution in [2.45, 2.75) is 25.9 Å². The molecule has 96 valence electrons. The number of hydrogen-bond donors (Lipinski definition) is 1. The second-order valence-corrected chi connectivity index (χ2v) is 4.06. The van der Waals surface area contributed by atoms with Gasteiger partial charge in [0.2, 0.25) is 0 Å². The molecule has 18 heavy (non-hydrogen) atoms. The van der Waals surface area contributed by atoms with Crippen molar-refractivity contribution in [3.05, 3.63) is 52.2 Å². The molecule has 0 aromatic carbocycles. The van der Waals surface area contributed by atoms with Crippen LogP contribution in [0.5, 0.6) is 0 Å². The molecule has 0 aliphatic heterocycles. The van der Waals surface area contributed by atoms with Gasteiger partial charge in [0.1, 0.15) is 16.4 Å². The third-order valence-corrected chi connectivity index (χ3v) is 2.54. The van der Waals surface area contributed by atoms with Gasteiger partial charge in [-0.25, -0.2) is 0 Å². The fourth-order valence-electron chi connectivity index (χ4n) is 1.64. The van der Waals surface area contributed by atoms with Crippen LogP contribution >= 0.6 is 0 Å². The van der Waals surface area contributed by atoms with E-state index >= 15 is 0 Å². The summed E-state index contributed by atoms with van der Waals surface area (Å²) in [4.78, 5) is 9.90. The molecule has 1 atom stereocenters. The summed E-state index contributed by atoms with van der Waals surface area (Å²) >= 11 is 0. The highest BCUT2D eigenvalue weighted by atomic mass is 16.6. The summed E-state index contributed by atoms with van der Waals surface area (Å²) in [5.74, 6) is 1.22. The number of hydrogen-bond acceptors (Lipinski definition) is 5. The van der Waals surface area contributed by atoms with Crippen molar-refractivity contribution >= 4 is 5.88 Å². The van der Waals surface area contributed by atoms with E-state index in [0.29, 0.717) is 12.3 Å². The van der Waals surface area contributed by atoms with Crippen LogP contribution in [-0.2, 0) is 13.0 Å². The molecule has 6 heteroatoms. The third-order valence-electron chi connectivity index (χ3n) is 2.54. The molecule has 1 N–H and O–H groups in total. The van der Waals surface area contributed by atoms with Crippen LogP contribution in [0.3, 0.4) is 0 Å². The molecule has 2 aromatic rings. The van der Waals surface area contributed by atoms with Crippen molar-refractivity contribution in [2.75, 3.05) is 0 Å². The van der Waals surface area contributed by atoms with Crippen molar-refractivity contribution in [3.63, 3.8) is 0 Å². The van der Waals surface area contributed by atoms with Crippen molar-refractivity contribution in [1.29, 1.82) is 0 Å². The van der Waals surface area contributed by atoms with Gasteiger partial charge in [0, 0.05) is 12.5 Å². The Kier molecular flexibility index (Phi) is 3.78. The fourth-order valence-corrected chi connectivity index (χ4v) is 1.64. The lowest BCUT2D eigenvalue weighted by molar-refractivity contribution is -0.402. The van der Waals surface area contributed by atoms with Crippen LogP contribution in [0.15, 0.2) is 39.4 Å². The van der Waals surface area contributed by atoms with Crippen LogP contribution in [0.4, 0.5) is 5.88 Å². The molecule has 1 unspecified atom stereocenters. The van der Waals surface area contributed by atoms with Crippen molar-refractivity contribution in [2.24, 2.45) is 0 Å². The zero-order valence-corrected chi connectivity index (χ0v) is 9.96. The Balaban J connectivity index is 1.81. The quantitative estimate of drug-likeness (QED) is 0.629. The first kappa shape index (κ1) is 12.4. The first-order chi connectivity index (χ1) is 8.65. The minimum atomic E-state index is -0.546. The minimum absolute atomic E-state index is 0.195. The Morgan fingerprint density at radius 3 is 2.83 bits per heavy atom. The van der Waals surface area contributed by atoms with Gasteiger partial charge in [-0.15, -0.1) is 0 Å². The molecule has 0 aliphatic rings. The SMILES string of the molecule is CC(Cc1ccco1)NCc1ccc([N+](=O)[O-])o1. The van der Waals surface area contributed by atoms with E-state index in [1.54, 1.807) is 12.3 Å². The number of nitro groups is 1. The molecule has 2 heterocycles. The molecule has 0 saturated carbocycles. The van der Waals surface area contributed by atoms with E-state index < -0.39 is 4.92 Å². The van der Waals surface area contributed by atoms with Gasteiger partial charge in [-0.05, 0) is 25.1 Å². The van der Waals surface area contributed by atoms with Crippen molar-refractivity contribution in [1.82, 2.24) is 5.32 Å². The van der Waals surface area contributed by atoms with Crippen LogP contribution in [-0.4, -0.2) is 11.0 Å². The van der Waals surface area contributed by atoms with Gasteiger partial charge < -0.3 is 14.2 Å². The maximum absolute atomic E-state index is 10.4. The lowest BCUT2D eigenvalue weighted by Crippen LogP contribution is -2.27. The third kappa shape index (κ3) is 3.21. The molecule has 0 fully saturated rings. The lowest BCUT2D eigenvalue weighted by atomic mass is 10.2. The van der Waals surface area contributed by atoms with Crippen LogP contribution in [0.2, 0.25) is 0 Å². The normalized spacial score (nSPS) is 12.5. The maximum atomic E-state index is 10.4. The Hall–Kier alpha value is -2.08. The van der Waals surface area contributed by atoms with Crippen molar-refractivity contribution in [3.8, 4) is 0 Å². The van der Waals surface area contributed by atoms with Gasteiger partial charge in [-0.2, -0.15) is 0 Å². The summed E-state index contributed by atoms with van der Waals surface area (Å²) in [7, 11) is 0. The Morgan fingerprint density at radius 1 is 1.39 bits per heavy atom. The molecule has 0 radical (unpaired) electrons. The topological polar surface area (TPSA) is 81.5 Å². The minimum Gasteiger partial charge on any atom is -0.469 e. The smallest absolute Gasteiger partial charge is 0.433 e. The predicted octanol–water partition coefficient (Wildman–Crippen LogP) is 2.50. The van der Waals surface area contributed by atoms with E-state index in [1.165, 1.54) is 6.07 Å². The standard InChI is InChI=1S/C12H14N2O4/c1-9(7-10-3-2-6-17-10)13-8-11-4-5-12(18-11)14(15)16/h2-6,9,13H,7-8H2,1H3. The fraction of sp³-hybridized carbons (Fsp3) is 0.333. The van der Waals surface area contributed by atoms with Crippen molar-refractivity contribution < 1.29 is 13.8 Å². The van der Waals surface area contributed by atoms with E-state index in [9.17, 15) is 10.1 Å². The number of rotatable bonds is 6. The molecule has 2 rings (SSSR count). The molecule has 0 spiro atoms. The lowest BCUT2D eigenvalue weighted by Gasteiger charge is -2.10. The van der Waals surface area contributed by atoms with Crippen LogP contribution < -0.4 is 5.32 Å². The summed E-state index contributed by atoms with van der Waals surface area (Å²) in [5.41, 5.74) is 0. The Bertz CT molecular complexity index is 504. The second-order valence-electron chi connectivity index (χ2n) is 4.06. The summed E-state index contributed by atoms with van der Waals surface area (Å²) in [6, 6.07) is 6.91. The van der Waals surface area contributed by atoms with Crippen LogP contribution in [0.25, 0.3) is 0 Å². The van der Waals surface area contributed by atoms with E-state index in [0.717, 1.165) is 12.2 Å². The van der Waals surface area contributed by atoms with E-state index in [4.69, 9.17) is 8.83 Å². The first-order valence-electron chi connectivity index (χ1n) is 5.64. The van der Waals surface area contributed by atoms with Crippen LogP contribution in [0.1, 0.15) is 18.4 Å². The largest absolute Gasteiger partial charge is 0.469 e. The molecule has 0 bridgehead atoms. The van der Waals surface area contributed by atoms with Gasteiger partial charge in [0.05, 0.1) is 18.9 Å². The number of furan rings is 2. The zero-order valence-electron chi connectivity index (χ0n) is 9.96. The predicted molar refractivity (Wildman–Crippen MR) is 64.1 cm³/mol. The molecule has 0 saturated heterocycles. The molecule has 6 nitrogen and oxygen atoms in total. The highest BCUT2D eigenvalue weighted by molar-refractivity contribution is 5.17. The summed E-state index contributed by atoms with van der Waals surface area (Å²) < 4.78 is 10.3. The molecule has 0 amide bonds. The molecule has 0 aliphatic carbocycles. The monoisotopic (exact) mass is 250 g/mol. The number of nitrogens with zero attached hydrogens (tertiary/aromatic N) is 1. The summed E-state index contributed by atoms with van der Waals surface area (Å²) in [6.45, 7) is 2.47. The number of nitrogens with one attached hydrogen (secondary N) is 1.